The van der Waals surface area contributed by atoms with E-state index in [0.29, 0.717) is 31.3 Å². The third-order valence-corrected chi connectivity index (χ3v) is 8.31. The number of rotatable bonds is 4. The summed E-state index contributed by atoms with van der Waals surface area (Å²) in [5, 5.41) is 3.50. The highest BCUT2D eigenvalue weighted by Gasteiger charge is 2.32. The van der Waals surface area contributed by atoms with Crippen molar-refractivity contribution >= 4 is 51.6 Å². The van der Waals surface area contributed by atoms with Gasteiger partial charge in [0.1, 0.15) is 0 Å². The van der Waals surface area contributed by atoms with Crippen molar-refractivity contribution < 1.29 is 4.79 Å². The summed E-state index contributed by atoms with van der Waals surface area (Å²) in [6.45, 7) is 1.78. The number of nitrogens with one attached hydrogen (secondary N) is 1. The Bertz CT molecular complexity index is 2080. The predicted molar refractivity (Wildman–Crippen MR) is 158 cm³/mol. The highest BCUT2D eigenvalue weighted by Crippen LogP contribution is 2.31. The van der Waals surface area contributed by atoms with Crippen molar-refractivity contribution in [2.75, 3.05) is 5.32 Å². The van der Waals surface area contributed by atoms with Gasteiger partial charge in [-0.3, -0.25) is 23.3 Å². The number of hydrogen-bond acceptors (Lipinski definition) is 5. The van der Waals surface area contributed by atoms with Crippen molar-refractivity contribution in [2.45, 2.75) is 13.0 Å². The molecule has 8 nitrogen and oxygen atoms in total. The fourth-order valence-corrected chi connectivity index (χ4v) is 6.23. The molecule has 0 aliphatic carbocycles. The topological polar surface area (TPSA) is 90.4 Å². The number of carbonyl (C=O) groups is 1. The summed E-state index contributed by atoms with van der Waals surface area (Å²) in [4.78, 5) is 45.1. The first-order chi connectivity index (χ1) is 19.2. The Labute approximate surface area is 237 Å². The molecule has 1 amide bonds. The number of imidazole rings is 1. The van der Waals surface area contributed by atoms with Gasteiger partial charge < -0.3 is 5.32 Å². The Morgan fingerprint density at radius 3 is 2.40 bits per heavy atom. The zero-order valence-electron chi connectivity index (χ0n) is 21.9. The average molecular weight is 570 g/mol. The van der Waals surface area contributed by atoms with E-state index < -0.39 is 6.04 Å². The number of allylic oxidation sites excluding steroid dienone is 1. The summed E-state index contributed by atoms with van der Waals surface area (Å²) >= 11 is 7.43. The van der Waals surface area contributed by atoms with Gasteiger partial charge in [0.2, 0.25) is 0 Å². The van der Waals surface area contributed by atoms with Crippen molar-refractivity contribution in [3.05, 3.63) is 130 Å². The summed E-state index contributed by atoms with van der Waals surface area (Å²) in [7, 11) is 3.45. The number of aromatic nitrogens is 3. The maximum atomic E-state index is 13.9. The van der Waals surface area contributed by atoms with E-state index in [-0.39, 0.29) is 17.2 Å². The fourth-order valence-electron chi connectivity index (χ4n) is 5.06. The quantitative estimate of drug-likeness (QED) is 0.358. The Hall–Kier alpha value is -4.47. The third kappa shape index (κ3) is 4.33. The standard InChI is InChI=1S/C30H24ClN5O3S/c1-17-25(27(37)33-21-7-5-4-6-8-21)26(19-10-12-20(31)13-11-19)36-28(38)24(40-29(36)32-17)16-18-9-14-22-23(15-18)35(3)30(39)34(22)2/h4-16,26H,1-3H3,(H,33,37)/b24-16+/t26-/m1/s1. The number of benzene rings is 3. The van der Waals surface area contributed by atoms with Crippen LogP contribution in [0.25, 0.3) is 17.1 Å². The number of halogens is 1. The van der Waals surface area contributed by atoms with Crippen LogP contribution >= 0.6 is 22.9 Å². The van der Waals surface area contributed by atoms with E-state index in [2.05, 4.69) is 5.32 Å². The van der Waals surface area contributed by atoms with Gasteiger partial charge >= 0.3 is 5.69 Å². The van der Waals surface area contributed by atoms with Gasteiger partial charge in [-0.1, -0.05) is 59.3 Å². The Morgan fingerprint density at radius 1 is 0.975 bits per heavy atom. The van der Waals surface area contributed by atoms with Gasteiger partial charge in [-0.2, -0.15) is 0 Å². The highest BCUT2D eigenvalue weighted by molar-refractivity contribution is 7.07. The molecular formula is C30H24ClN5O3S. The molecule has 0 fully saturated rings. The second-order valence-corrected chi connectivity index (χ2v) is 11.0. The summed E-state index contributed by atoms with van der Waals surface area (Å²) in [5.41, 5.74) is 4.26. The lowest BCUT2D eigenvalue weighted by atomic mass is 9.95. The maximum absolute atomic E-state index is 13.9. The van der Waals surface area contributed by atoms with Gasteiger partial charge in [0.15, 0.2) is 4.80 Å². The molecule has 200 valence electrons. The van der Waals surface area contributed by atoms with Crippen LogP contribution in [0.1, 0.15) is 24.1 Å². The van der Waals surface area contributed by atoms with Crippen LogP contribution in [0.3, 0.4) is 0 Å². The maximum Gasteiger partial charge on any atom is 0.328 e. The second-order valence-electron chi connectivity index (χ2n) is 9.60. The van der Waals surface area contributed by atoms with Gasteiger partial charge in [-0.05, 0) is 60.5 Å². The minimum atomic E-state index is -0.697. The van der Waals surface area contributed by atoms with Crippen molar-refractivity contribution in [3.63, 3.8) is 0 Å². The summed E-state index contributed by atoms with van der Waals surface area (Å²) in [6.07, 6.45) is 1.79. The largest absolute Gasteiger partial charge is 0.328 e. The normalized spacial score (nSPS) is 15.3. The number of amides is 1. The van der Waals surface area contributed by atoms with Gasteiger partial charge in [0.05, 0.1) is 32.9 Å². The number of thiazole rings is 1. The molecule has 5 aromatic rings. The first-order valence-corrected chi connectivity index (χ1v) is 13.7. The Kier molecular flexibility index (Phi) is 6.40. The number of aryl methyl sites for hydroxylation is 2. The lowest BCUT2D eigenvalue weighted by molar-refractivity contribution is -0.113. The molecule has 2 aromatic heterocycles. The second kappa shape index (κ2) is 9.93. The summed E-state index contributed by atoms with van der Waals surface area (Å²) in [6, 6.07) is 21.2. The van der Waals surface area contributed by atoms with E-state index in [1.807, 2.05) is 48.5 Å². The first-order valence-electron chi connectivity index (χ1n) is 12.5. The lowest BCUT2D eigenvalue weighted by Crippen LogP contribution is -2.40. The smallest absolute Gasteiger partial charge is 0.322 e. The molecule has 1 aliphatic heterocycles. The summed E-state index contributed by atoms with van der Waals surface area (Å²) in [5.74, 6) is -0.336. The molecule has 0 saturated heterocycles. The molecule has 0 spiro atoms. The van der Waals surface area contributed by atoms with Crippen LogP contribution < -0.4 is 25.9 Å². The average Bonchev–Trinajstić information content (AvgIpc) is 3.36. The van der Waals surface area contributed by atoms with E-state index in [9.17, 15) is 14.4 Å². The van der Waals surface area contributed by atoms with Crippen LogP contribution in [0.5, 0.6) is 0 Å². The van der Waals surface area contributed by atoms with Crippen LogP contribution in [0, 0.1) is 0 Å². The van der Waals surface area contributed by atoms with Crippen molar-refractivity contribution in [1.82, 2.24) is 13.7 Å². The number of anilines is 1. The molecule has 0 unspecified atom stereocenters. The van der Waals surface area contributed by atoms with Crippen molar-refractivity contribution in [1.29, 1.82) is 0 Å². The highest BCUT2D eigenvalue weighted by atomic mass is 35.5. The Balaban J connectivity index is 1.51. The van der Waals surface area contributed by atoms with Crippen LogP contribution in [0.4, 0.5) is 5.69 Å². The minimum absolute atomic E-state index is 0.119. The molecule has 0 saturated carbocycles. The number of hydrogen-bond donors (Lipinski definition) is 1. The van der Waals surface area contributed by atoms with Crippen LogP contribution in [-0.2, 0) is 18.9 Å². The van der Waals surface area contributed by atoms with Gasteiger partial charge in [0, 0.05) is 24.8 Å². The van der Waals surface area contributed by atoms with Crippen LogP contribution in [0.15, 0.2) is 98.6 Å². The molecular weight excluding hydrogens is 546 g/mol. The molecule has 1 N–H and O–H groups in total. The van der Waals surface area contributed by atoms with E-state index in [1.165, 1.54) is 11.3 Å². The SMILES string of the molecule is CC1=C(C(=O)Nc2ccccc2)[C@@H](c2ccc(Cl)cc2)n2c(s/c(=C/c3ccc4c(c3)n(C)c(=O)n4C)c2=O)=N1. The van der Waals surface area contributed by atoms with Crippen LogP contribution in [-0.4, -0.2) is 19.6 Å². The lowest BCUT2D eigenvalue weighted by Gasteiger charge is -2.25. The molecule has 10 heteroatoms. The molecule has 0 radical (unpaired) electrons. The third-order valence-electron chi connectivity index (χ3n) is 7.08. The minimum Gasteiger partial charge on any atom is -0.322 e. The molecule has 0 bridgehead atoms. The molecule has 40 heavy (non-hydrogen) atoms. The molecule has 1 aliphatic rings. The van der Waals surface area contributed by atoms with Gasteiger partial charge in [-0.15, -0.1) is 0 Å². The van der Waals surface area contributed by atoms with Crippen LogP contribution in [0.2, 0.25) is 5.02 Å². The van der Waals surface area contributed by atoms with Gasteiger partial charge in [-0.25, -0.2) is 9.79 Å². The monoisotopic (exact) mass is 569 g/mol. The predicted octanol–water partition coefficient (Wildman–Crippen LogP) is 3.72. The summed E-state index contributed by atoms with van der Waals surface area (Å²) < 4.78 is 5.21. The van der Waals surface area contributed by atoms with E-state index in [4.69, 9.17) is 16.6 Å². The zero-order chi connectivity index (χ0) is 28.1. The number of nitrogens with zero attached hydrogens (tertiary/aromatic N) is 4. The number of fused-ring (bicyclic) bond motifs is 2. The van der Waals surface area contributed by atoms with E-state index in [1.54, 1.807) is 65.1 Å². The van der Waals surface area contributed by atoms with Crippen molar-refractivity contribution in [3.8, 4) is 0 Å². The zero-order valence-corrected chi connectivity index (χ0v) is 23.5. The molecule has 3 heterocycles. The van der Waals surface area contributed by atoms with Gasteiger partial charge in [0.25, 0.3) is 11.5 Å². The molecule has 6 rings (SSSR count). The molecule has 3 aromatic carbocycles. The number of para-hydroxylation sites is 1. The fraction of sp³-hybridized carbons (Fsp3) is 0.133. The van der Waals surface area contributed by atoms with Crippen molar-refractivity contribution in [2.24, 2.45) is 19.1 Å². The Morgan fingerprint density at radius 2 is 1.68 bits per heavy atom. The van der Waals surface area contributed by atoms with E-state index >= 15 is 0 Å². The van der Waals surface area contributed by atoms with E-state index in [0.717, 1.165) is 22.2 Å². The number of carbonyl (C=O) groups excluding carboxylic acids is 1. The first kappa shape index (κ1) is 25.8. The molecule has 1 atom stereocenters.